The van der Waals surface area contributed by atoms with Crippen molar-refractivity contribution in [1.29, 1.82) is 0 Å². The zero-order chi connectivity index (χ0) is 17.4. The molecule has 4 aromatic rings. The van der Waals surface area contributed by atoms with Crippen molar-refractivity contribution in [3.8, 4) is 16.9 Å². The lowest BCUT2D eigenvalue weighted by Gasteiger charge is -2.13. The van der Waals surface area contributed by atoms with Gasteiger partial charge in [0.25, 0.3) is 5.56 Å². The van der Waals surface area contributed by atoms with E-state index in [1.807, 2.05) is 54.6 Å². The highest BCUT2D eigenvalue weighted by molar-refractivity contribution is 5.94. The summed E-state index contributed by atoms with van der Waals surface area (Å²) in [5.74, 6) is 0. The molecule has 4 rings (SSSR count). The molecular weight excluding hydrogens is 308 g/mol. The van der Waals surface area contributed by atoms with Crippen molar-refractivity contribution in [1.82, 2.24) is 9.78 Å². The van der Waals surface area contributed by atoms with E-state index in [1.54, 1.807) is 0 Å². The Morgan fingerprint density at radius 2 is 1.48 bits per heavy atom. The van der Waals surface area contributed by atoms with Crippen LogP contribution in [-0.2, 0) is 0 Å². The third-order valence-corrected chi connectivity index (χ3v) is 4.44. The van der Waals surface area contributed by atoms with E-state index in [0.717, 1.165) is 27.9 Å². The molecular formula is C22H18N2O. The number of rotatable bonds is 2. The second-order valence-corrected chi connectivity index (χ2v) is 6.27. The predicted molar refractivity (Wildman–Crippen MR) is 102 cm³/mol. The molecule has 0 amide bonds. The van der Waals surface area contributed by atoms with Crippen LogP contribution in [0.25, 0.3) is 27.7 Å². The fraction of sp³-hybridized carbons (Fsp3) is 0.0909. The fourth-order valence-electron chi connectivity index (χ4n) is 3.21. The Labute approximate surface area is 146 Å². The Morgan fingerprint density at radius 1 is 0.800 bits per heavy atom. The Hall–Kier alpha value is -3.20. The summed E-state index contributed by atoms with van der Waals surface area (Å²) in [6.45, 7) is 4.16. The van der Waals surface area contributed by atoms with E-state index in [9.17, 15) is 4.79 Å². The second kappa shape index (κ2) is 6.02. The van der Waals surface area contributed by atoms with Gasteiger partial charge in [0.15, 0.2) is 0 Å². The van der Waals surface area contributed by atoms with E-state index in [2.05, 4.69) is 32.0 Å². The first-order valence-electron chi connectivity index (χ1n) is 8.30. The molecule has 0 aliphatic carbocycles. The van der Waals surface area contributed by atoms with Gasteiger partial charge in [0.05, 0.1) is 16.8 Å². The summed E-state index contributed by atoms with van der Waals surface area (Å²) in [5, 5.41) is 6.29. The second-order valence-electron chi connectivity index (χ2n) is 6.27. The smallest absolute Gasteiger partial charge is 0.267 e. The van der Waals surface area contributed by atoms with E-state index in [0.29, 0.717) is 5.39 Å². The maximum atomic E-state index is 13.0. The van der Waals surface area contributed by atoms with Crippen LogP contribution < -0.4 is 5.56 Å². The maximum Gasteiger partial charge on any atom is 0.279 e. The average Bonchev–Trinajstić information content (AvgIpc) is 2.64. The number of fused-ring (bicyclic) bond motifs is 1. The minimum absolute atomic E-state index is 0.102. The quantitative estimate of drug-likeness (QED) is 0.536. The average molecular weight is 326 g/mol. The first-order valence-corrected chi connectivity index (χ1v) is 8.30. The van der Waals surface area contributed by atoms with E-state index in [-0.39, 0.29) is 5.56 Å². The summed E-state index contributed by atoms with van der Waals surface area (Å²) in [5.41, 5.74) is 4.90. The molecule has 25 heavy (non-hydrogen) atoms. The molecule has 0 atom stereocenters. The first-order chi connectivity index (χ1) is 12.1. The zero-order valence-corrected chi connectivity index (χ0v) is 14.2. The molecule has 0 spiro atoms. The van der Waals surface area contributed by atoms with Gasteiger partial charge in [-0.2, -0.15) is 9.78 Å². The van der Waals surface area contributed by atoms with Gasteiger partial charge in [-0.15, -0.1) is 0 Å². The lowest BCUT2D eigenvalue weighted by atomic mass is 9.99. The molecule has 3 aromatic carbocycles. The van der Waals surface area contributed by atoms with Gasteiger partial charge in [-0.1, -0.05) is 60.2 Å². The van der Waals surface area contributed by atoms with Crippen LogP contribution in [0.5, 0.6) is 0 Å². The third-order valence-electron chi connectivity index (χ3n) is 4.44. The highest BCUT2D eigenvalue weighted by Crippen LogP contribution is 2.28. The normalized spacial score (nSPS) is 11.0. The predicted octanol–water partition coefficient (Wildman–Crippen LogP) is 4.67. The molecule has 0 unspecified atom stereocenters. The minimum Gasteiger partial charge on any atom is -0.267 e. The van der Waals surface area contributed by atoms with Crippen LogP contribution in [0.1, 0.15) is 11.1 Å². The summed E-state index contributed by atoms with van der Waals surface area (Å²) in [6, 6.07) is 23.5. The molecule has 1 aromatic heterocycles. The molecule has 122 valence electrons. The summed E-state index contributed by atoms with van der Waals surface area (Å²) >= 11 is 0. The Morgan fingerprint density at radius 3 is 2.20 bits per heavy atom. The highest BCUT2D eigenvalue weighted by Gasteiger charge is 2.14. The Kier molecular flexibility index (Phi) is 3.69. The number of aryl methyl sites for hydroxylation is 2. The van der Waals surface area contributed by atoms with Crippen LogP contribution in [0.15, 0.2) is 77.6 Å². The van der Waals surface area contributed by atoms with Gasteiger partial charge < -0.3 is 0 Å². The first kappa shape index (κ1) is 15.3. The number of benzene rings is 3. The standard InChI is InChI=1S/C22H18N2O/c1-15-12-13-18(16(2)14-15)21-19-10-6-7-11-20(19)22(25)24(23-21)17-8-4-3-5-9-17/h3-14H,1-2H3. The Bertz CT molecular complexity index is 1130. The summed E-state index contributed by atoms with van der Waals surface area (Å²) in [7, 11) is 0. The molecule has 0 aliphatic rings. The molecule has 0 aliphatic heterocycles. The topological polar surface area (TPSA) is 34.9 Å². The van der Waals surface area contributed by atoms with E-state index < -0.39 is 0 Å². The minimum atomic E-state index is -0.102. The van der Waals surface area contributed by atoms with Gasteiger partial charge in [0.1, 0.15) is 0 Å². The van der Waals surface area contributed by atoms with Crippen molar-refractivity contribution in [2.75, 3.05) is 0 Å². The Balaban J connectivity index is 2.10. The highest BCUT2D eigenvalue weighted by atomic mass is 16.1. The van der Waals surface area contributed by atoms with Gasteiger partial charge in [-0.3, -0.25) is 4.79 Å². The largest absolute Gasteiger partial charge is 0.279 e. The summed E-state index contributed by atoms with van der Waals surface area (Å²) < 4.78 is 1.50. The van der Waals surface area contributed by atoms with Crippen molar-refractivity contribution in [3.05, 3.63) is 94.3 Å². The van der Waals surface area contributed by atoms with E-state index in [4.69, 9.17) is 5.10 Å². The number of hydrogen-bond acceptors (Lipinski definition) is 2. The number of nitrogens with zero attached hydrogens (tertiary/aromatic N) is 2. The van der Waals surface area contributed by atoms with Gasteiger partial charge in [-0.25, -0.2) is 0 Å². The molecule has 0 N–H and O–H groups in total. The van der Waals surface area contributed by atoms with Gasteiger partial charge >= 0.3 is 0 Å². The summed E-state index contributed by atoms with van der Waals surface area (Å²) in [6.07, 6.45) is 0. The van der Waals surface area contributed by atoms with E-state index in [1.165, 1.54) is 10.2 Å². The molecule has 0 bridgehead atoms. The number of para-hydroxylation sites is 1. The molecule has 0 saturated carbocycles. The lowest BCUT2D eigenvalue weighted by Crippen LogP contribution is -2.22. The van der Waals surface area contributed by atoms with E-state index >= 15 is 0 Å². The molecule has 0 radical (unpaired) electrons. The van der Waals surface area contributed by atoms with Crippen LogP contribution in [0.4, 0.5) is 0 Å². The third kappa shape index (κ3) is 2.64. The van der Waals surface area contributed by atoms with Crippen LogP contribution in [-0.4, -0.2) is 9.78 Å². The van der Waals surface area contributed by atoms with Crippen molar-refractivity contribution in [3.63, 3.8) is 0 Å². The van der Waals surface area contributed by atoms with Crippen molar-refractivity contribution in [2.45, 2.75) is 13.8 Å². The summed E-state index contributed by atoms with van der Waals surface area (Å²) in [4.78, 5) is 13.0. The van der Waals surface area contributed by atoms with Crippen molar-refractivity contribution < 1.29 is 0 Å². The van der Waals surface area contributed by atoms with Crippen molar-refractivity contribution >= 4 is 10.8 Å². The molecule has 0 saturated heterocycles. The lowest BCUT2D eigenvalue weighted by molar-refractivity contribution is 0.826. The molecule has 0 fully saturated rings. The number of hydrogen-bond donors (Lipinski definition) is 0. The fourth-order valence-corrected chi connectivity index (χ4v) is 3.21. The van der Waals surface area contributed by atoms with Gasteiger partial charge in [0.2, 0.25) is 0 Å². The van der Waals surface area contributed by atoms with Crippen LogP contribution in [0.3, 0.4) is 0 Å². The SMILES string of the molecule is Cc1ccc(-c2nn(-c3ccccc3)c(=O)c3ccccc23)c(C)c1. The molecule has 3 heteroatoms. The molecule has 3 nitrogen and oxygen atoms in total. The zero-order valence-electron chi connectivity index (χ0n) is 14.2. The monoisotopic (exact) mass is 326 g/mol. The molecule has 1 heterocycles. The van der Waals surface area contributed by atoms with Crippen molar-refractivity contribution in [2.24, 2.45) is 0 Å². The van der Waals surface area contributed by atoms with Crippen LogP contribution >= 0.6 is 0 Å². The van der Waals surface area contributed by atoms with Gasteiger partial charge in [-0.05, 0) is 37.6 Å². The maximum absolute atomic E-state index is 13.0. The van der Waals surface area contributed by atoms with Crippen LogP contribution in [0.2, 0.25) is 0 Å². The van der Waals surface area contributed by atoms with Crippen LogP contribution in [0, 0.1) is 13.8 Å². The van der Waals surface area contributed by atoms with Gasteiger partial charge in [0, 0.05) is 10.9 Å². The number of aromatic nitrogens is 2.